The van der Waals surface area contributed by atoms with Gasteiger partial charge >= 0.3 is 21.1 Å². The van der Waals surface area contributed by atoms with Gasteiger partial charge in [-0.15, -0.1) is 0 Å². The molecule has 8 heavy (non-hydrogen) atoms. The second kappa shape index (κ2) is 37.1. The summed E-state index contributed by atoms with van der Waals surface area (Å²) in [5.74, 6) is 0. The average molecular weight is 358 g/mol. The minimum atomic E-state index is 0. The molecule has 0 aliphatic rings. The molecular weight excluding hydrogens is 345 g/mol. The Hall–Kier alpha value is 1.79. The second-order valence-electron chi connectivity index (χ2n) is 0.931. The van der Waals surface area contributed by atoms with E-state index in [1.165, 1.54) is 0 Å². The molecule has 0 amide bonds. The van der Waals surface area contributed by atoms with Crippen molar-refractivity contribution < 1.29 is 53.8 Å². The molecule has 0 N–H and O–H groups in total. The SMILES string of the molecule is C[CH-]C.[CH2-]C[CH2-].[W+2].[Y]. The Morgan fingerprint density at radius 2 is 1.25 bits per heavy atom. The van der Waals surface area contributed by atoms with E-state index < -0.39 is 0 Å². The van der Waals surface area contributed by atoms with E-state index in [1.807, 2.05) is 20.3 Å². The molecule has 0 aromatic heterocycles. The normalized spacial score (nSPS) is 4.50. The molecule has 1 radical (unpaired) electrons. The Labute approximate surface area is 93.3 Å². The maximum absolute atomic E-state index is 3.38. The van der Waals surface area contributed by atoms with E-state index in [-0.39, 0.29) is 53.8 Å². The monoisotopic (exact) mass is 358 g/mol. The van der Waals surface area contributed by atoms with Gasteiger partial charge in [0.15, 0.2) is 0 Å². The Bertz CT molecular complexity index is 10.5. The zero-order valence-electron chi connectivity index (χ0n) is 5.68. The van der Waals surface area contributed by atoms with E-state index in [1.54, 1.807) is 0 Å². The van der Waals surface area contributed by atoms with E-state index in [0.29, 0.717) is 0 Å². The molecule has 0 spiro atoms. The molecule has 0 heterocycles. The van der Waals surface area contributed by atoms with Crippen molar-refractivity contribution in [1.82, 2.24) is 0 Å². The molecule has 2 heteroatoms. The summed E-state index contributed by atoms with van der Waals surface area (Å²) in [5.41, 5.74) is 0. The molecule has 0 aliphatic carbocycles. The zero-order valence-corrected chi connectivity index (χ0v) is 11.5. The third kappa shape index (κ3) is 112. The summed E-state index contributed by atoms with van der Waals surface area (Å²) in [5, 5.41) is 0. The molecule has 0 saturated carbocycles. The number of rotatable bonds is 0. The molecule has 0 aromatic carbocycles. The largest absolute Gasteiger partial charge is 2.00 e. The summed E-state index contributed by atoms with van der Waals surface area (Å²) < 4.78 is 0. The summed E-state index contributed by atoms with van der Waals surface area (Å²) in [7, 11) is 0. The first kappa shape index (κ1) is 22.6. The van der Waals surface area contributed by atoms with Crippen molar-refractivity contribution >= 4 is 0 Å². The maximum atomic E-state index is 3.38. The third-order valence-electron chi connectivity index (χ3n) is 0. The van der Waals surface area contributed by atoms with Crippen LogP contribution in [0.2, 0.25) is 0 Å². The predicted octanol–water partition coefficient (Wildman–Crippen LogP) is 2.27. The van der Waals surface area contributed by atoms with E-state index >= 15 is 0 Å². The molecule has 0 unspecified atom stereocenters. The van der Waals surface area contributed by atoms with E-state index in [2.05, 4.69) is 13.8 Å². The van der Waals surface area contributed by atoms with Gasteiger partial charge in [-0.3, -0.25) is 0 Å². The van der Waals surface area contributed by atoms with Gasteiger partial charge in [0, 0.05) is 32.7 Å². The Balaban J connectivity index is -0.0000000160. The summed E-state index contributed by atoms with van der Waals surface area (Å²) in [6, 6.07) is 0. The van der Waals surface area contributed by atoms with Gasteiger partial charge in [0.25, 0.3) is 0 Å². The first-order valence-corrected chi connectivity index (χ1v) is 2.15. The van der Waals surface area contributed by atoms with Crippen LogP contribution < -0.4 is 0 Å². The van der Waals surface area contributed by atoms with Crippen molar-refractivity contribution in [3.8, 4) is 0 Å². The van der Waals surface area contributed by atoms with E-state index in [4.69, 9.17) is 0 Å². The molecule has 0 fully saturated rings. The van der Waals surface area contributed by atoms with Gasteiger partial charge in [0.2, 0.25) is 0 Å². The quantitative estimate of drug-likeness (QED) is 0.583. The summed E-state index contributed by atoms with van der Waals surface area (Å²) in [6.45, 7) is 10.8. The second-order valence-corrected chi connectivity index (χ2v) is 0.931. The molecular formula is C6H13WY-. The minimum absolute atomic E-state index is 0. The minimum Gasteiger partial charge on any atom is -0.372 e. The van der Waals surface area contributed by atoms with Gasteiger partial charge in [-0.2, -0.15) is 13.8 Å². The molecule has 0 aromatic rings. The summed E-state index contributed by atoms with van der Waals surface area (Å²) in [6.07, 6.45) is 2.75. The van der Waals surface area contributed by atoms with Crippen molar-refractivity contribution in [2.45, 2.75) is 20.3 Å². The molecule has 0 atom stereocenters. The molecule has 0 bridgehead atoms. The van der Waals surface area contributed by atoms with Crippen LogP contribution in [-0.4, -0.2) is 0 Å². The zero-order chi connectivity index (χ0) is 5.41. The van der Waals surface area contributed by atoms with Gasteiger partial charge in [-0.05, 0) is 0 Å². The van der Waals surface area contributed by atoms with Crippen LogP contribution >= 0.6 is 0 Å². The van der Waals surface area contributed by atoms with Crippen LogP contribution in [0.15, 0.2) is 0 Å². The molecule has 0 rings (SSSR count). The summed E-state index contributed by atoms with van der Waals surface area (Å²) in [4.78, 5) is 0. The van der Waals surface area contributed by atoms with Crippen molar-refractivity contribution in [1.29, 1.82) is 0 Å². The van der Waals surface area contributed by atoms with Gasteiger partial charge in [-0.25, -0.2) is 0 Å². The molecule has 0 nitrogen and oxygen atoms in total. The number of hydrogen-bond acceptors (Lipinski definition) is 0. The van der Waals surface area contributed by atoms with E-state index in [0.717, 1.165) is 6.42 Å². The molecule has 47 valence electrons. The predicted molar refractivity (Wildman–Crippen MR) is 31.0 cm³/mol. The Morgan fingerprint density at radius 1 is 1.25 bits per heavy atom. The molecule has 0 aliphatic heterocycles. The van der Waals surface area contributed by atoms with Crippen LogP contribution in [0.5, 0.6) is 0 Å². The van der Waals surface area contributed by atoms with Crippen molar-refractivity contribution in [3.63, 3.8) is 0 Å². The molecule has 0 saturated heterocycles. The van der Waals surface area contributed by atoms with Gasteiger partial charge in [-0.1, -0.05) is 0 Å². The Kier molecular flexibility index (Phi) is 105. The standard InChI is InChI=1S/C3H7.C3H6.W.Y/c2*1-3-2;;/h3H,1-2H3;1-3H2;;/q-1;-2;+2;. The third-order valence-corrected chi connectivity index (χ3v) is 0. The van der Waals surface area contributed by atoms with Gasteiger partial charge in [0.1, 0.15) is 0 Å². The van der Waals surface area contributed by atoms with Crippen LogP contribution in [0.25, 0.3) is 0 Å². The average Bonchev–Trinajstić information content (AvgIpc) is 1.39. The topological polar surface area (TPSA) is 0 Å². The van der Waals surface area contributed by atoms with Crippen LogP contribution in [-0.2, 0) is 53.8 Å². The fourth-order valence-corrected chi connectivity index (χ4v) is 0. The summed E-state index contributed by atoms with van der Waals surface area (Å²) >= 11 is 0. The van der Waals surface area contributed by atoms with Crippen LogP contribution in [0.3, 0.4) is 0 Å². The van der Waals surface area contributed by atoms with Crippen molar-refractivity contribution in [3.05, 3.63) is 20.3 Å². The van der Waals surface area contributed by atoms with Crippen molar-refractivity contribution in [2.75, 3.05) is 0 Å². The number of hydrogen-bond donors (Lipinski definition) is 0. The Morgan fingerprint density at radius 3 is 1.25 bits per heavy atom. The maximum Gasteiger partial charge on any atom is 2.00 e. The van der Waals surface area contributed by atoms with Crippen LogP contribution in [0, 0.1) is 20.3 Å². The van der Waals surface area contributed by atoms with Gasteiger partial charge in [0.05, 0.1) is 0 Å². The van der Waals surface area contributed by atoms with Gasteiger partial charge < -0.3 is 26.7 Å². The first-order chi connectivity index (χ1) is 2.83. The smallest absolute Gasteiger partial charge is 0.372 e. The van der Waals surface area contributed by atoms with Crippen molar-refractivity contribution in [2.24, 2.45) is 0 Å². The fourth-order valence-electron chi connectivity index (χ4n) is 0. The van der Waals surface area contributed by atoms with Crippen LogP contribution in [0.1, 0.15) is 20.3 Å². The van der Waals surface area contributed by atoms with E-state index in [9.17, 15) is 0 Å². The first-order valence-electron chi connectivity index (χ1n) is 2.15. The fraction of sp³-hybridized carbons (Fsp3) is 0.500. The van der Waals surface area contributed by atoms with Crippen LogP contribution in [0.4, 0.5) is 0 Å².